The van der Waals surface area contributed by atoms with E-state index in [0.717, 1.165) is 24.2 Å². The molecule has 3 N–H and O–H groups in total. The Morgan fingerprint density at radius 1 is 1.38 bits per heavy atom. The Morgan fingerprint density at radius 3 is 2.52 bits per heavy atom. The summed E-state index contributed by atoms with van der Waals surface area (Å²) in [6, 6.07) is 5.65. The summed E-state index contributed by atoms with van der Waals surface area (Å²) in [6.45, 7) is 6.10. The molecule has 1 aliphatic carbocycles. The number of carbonyl (C=O) groups is 1. The highest BCUT2D eigenvalue weighted by Gasteiger charge is 2.44. The summed E-state index contributed by atoms with van der Waals surface area (Å²) in [5, 5.41) is 2.72. The molecular formula is C16H24N2O3. The molecule has 1 aromatic carbocycles. The Bertz CT molecular complexity index is 531. The number of methoxy groups -OCH3 is 1. The van der Waals surface area contributed by atoms with E-state index in [1.165, 1.54) is 0 Å². The second-order valence-electron chi connectivity index (χ2n) is 6.53. The predicted molar refractivity (Wildman–Crippen MR) is 82.8 cm³/mol. The minimum Gasteiger partial charge on any atom is -0.496 e. The molecule has 0 aromatic heterocycles. The van der Waals surface area contributed by atoms with Crippen molar-refractivity contribution in [3.8, 4) is 5.75 Å². The molecule has 1 aromatic rings. The second-order valence-corrected chi connectivity index (χ2v) is 6.53. The van der Waals surface area contributed by atoms with Crippen molar-refractivity contribution in [3.05, 3.63) is 23.8 Å². The number of hydrogen-bond acceptors (Lipinski definition) is 4. The zero-order valence-corrected chi connectivity index (χ0v) is 13.2. The van der Waals surface area contributed by atoms with Crippen molar-refractivity contribution in [1.29, 1.82) is 0 Å². The SMILES string of the molecule is COc1cc(NC(=O)OC(C)(C)C)ccc1C1(CN)CC1. The van der Waals surface area contributed by atoms with Gasteiger partial charge in [-0.2, -0.15) is 0 Å². The maximum absolute atomic E-state index is 11.8. The lowest BCUT2D eigenvalue weighted by molar-refractivity contribution is 0.0636. The van der Waals surface area contributed by atoms with Gasteiger partial charge in [-0.15, -0.1) is 0 Å². The summed E-state index contributed by atoms with van der Waals surface area (Å²) in [7, 11) is 1.63. The van der Waals surface area contributed by atoms with Crippen LogP contribution in [0.3, 0.4) is 0 Å². The maximum Gasteiger partial charge on any atom is 0.412 e. The lowest BCUT2D eigenvalue weighted by atomic mass is 9.95. The molecule has 0 unspecified atom stereocenters. The van der Waals surface area contributed by atoms with Gasteiger partial charge in [0.05, 0.1) is 7.11 Å². The summed E-state index contributed by atoms with van der Waals surface area (Å²) < 4.78 is 10.7. The van der Waals surface area contributed by atoms with Crippen LogP contribution in [-0.4, -0.2) is 25.3 Å². The first-order valence-corrected chi connectivity index (χ1v) is 7.18. The third-order valence-corrected chi connectivity index (χ3v) is 3.66. The molecule has 0 atom stereocenters. The Morgan fingerprint density at radius 2 is 2.05 bits per heavy atom. The number of nitrogens with two attached hydrogens (primary N) is 1. The molecule has 5 heteroatoms. The van der Waals surface area contributed by atoms with E-state index < -0.39 is 11.7 Å². The van der Waals surface area contributed by atoms with Crippen molar-refractivity contribution in [3.63, 3.8) is 0 Å². The highest BCUT2D eigenvalue weighted by atomic mass is 16.6. The summed E-state index contributed by atoms with van der Waals surface area (Å²) in [4.78, 5) is 11.8. The van der Waals surface area contributed by atoms with Crippen LogP contribution in [0, 0.1) is 0 Å². The molecule has 0 heterocycles. The average molecular weight is 292 g/mol. The Balaban J connectivity index is 2.14. The van der Waals surface area contributed by atoms with E-state index in [-0.39, 0.29) is 5.41 Å². The smallest absolute Gasteiger partial charge is 0.412 e. The van der Waals surface area contributed by atoms with Gasteiger partial charge < -0.3 is 15.2 Å². The molecule has 0 bridgehead atoms. The molecule has 0 aliphatic heterocycles. The Kier molecular flexibility index (Phi) is 4.14. The third kappa shape index (κ3) is 3.67. The molecule has 1 amide bonds. The van der Waals surface area contributed by atoms with E-state index in [1.807, 2.05) is 39.0 Å². The number of ether oxygens (including phenoxy) is 2. The minimum absolute atomic E-state index is 0.0514. The van der Waals surface area contributed by atoms with Gasteiger partial charge in [0.2, 0.25) is 0 Å². The van der Waals surface area contributed by atoms with Gasteiger partial charge in [0, 0.05) is 29.3 Å². The quantitative estimate of drug-likeness (QED) is 0.894. The zero-order valence-electron chi connectivity index (χ0n) is 13.2. The lowest BCUT2D eigenvalue weighted by Crippen LogP contribution is -2.27. The number of amides is 1. The molecule has 1 fully saturated rings. The van der Waals surface area contributed by atoms with Crippen LogP contribution in [0.5, 0.6) is 5.75 Å². The number of hydrogen-bond donors (Lipinski definition) is 2. The van der Waals surface area contributed by atoms with Crippen molar-refractivity contribution in [2.45, 2.75) is 44.6 Å². The van der Waals surface area contributed by atoms with Crippen LogP contribution < -0.4 is 15.8 Å². The summed E-state index contributed by atoms with van der Waals surface area (Å²) >= 11 is 0. The van der Waals surface area contributed by atoms with Crippen molar-refractivity contribution in [2.24, 2.45) is 5.73 Å². The molecule has 0 radical (unpaired) electrons. The van der Waals surface area contributed by atoms with E-state index in [4.69, 9.17) is 15.2 Å². The van der Waals surface area contributed by atoms with Gasteiger partial charge in [-0.3, -0.25) is 5.32 Å². The predicted octanol–water partition coefficient (Wildman–Crippen LogP) is 3.03. The molecular weight excluding hydrogens is 268 g/mol. The second kappa shape index (κ2) is 5.56. The fourth-order valence-electron chi connectivity index (χ4n) is 2.36. The Labute approximate surface area is 125 Å². The topological polar surface area (TPSA) is 73.6 Å². The van der Waals surface area contributed by atoms with Crippen LogP contribution in [0.1, 0.15) is 39.2 Å². The average Bonchev–Trinajstić information content (AvgIpc) is 3.17. The fourth-order valence-corrected chi connectivity index (χ4v) is 2.36. The van der Waals surface area contributed by atoms with E-state index >= 15 is 0 Å². The largest absolute Gasteiger partial charge is 0.496 e. The summed E-state index contributed by atoms with van der Waals surface area (Å²) in [6.07, 6.45) is 1.69. The third-order valence-electron chi connectivity index (χ3n) is 3.66. The van der Waals surface area contributed by atoms with E-state index in [9.17, 15) is 4.79 Å². The highest BCUT2D eigenvalue weighted by molar-refractivity contribution is 5.85. The molecule has 5 nitrogen and oxygen atoms in total. The standard InChI is InChI=1S/C16H24N2O3/c1-15(2,3)21-14(19)18-11-5-6-12(13(9-11)20-4)16(10-17)7-8-16/h5-6,9H,7-8,10,17H2,1-4H3,(H,18,19). The molecule has 1 aliphatic rings. The first kappa shape index (κ1) is 15.6. The fraction of sp³-hybridized carbons (Fsp3) is 0.562. The molecule has 116 valence electrons. The van der Waals surface area contributed by atoms with Crippen LogP contribution in [0.25, 0.3) is 0 Å². The van der Waals surface area contributed by atoms with Crippen molar-refractivity contribution in [2.75, 3.05) is 19.0 Å². The van der Waals surface area contributed by atoms with Gasteiger partial charge >= 0.3 is 6.09 Å². The van der Waals surface area contributed by atoms with Crippen LogP contribution in [0.15, 0.2) is 18.2 Å². The molecule has 2 rings (SSSR count). The number of anilines is 1. The van der Waals surface area contributed by atoms with Crippen LogP contribution in [0.4, 0.5) is 10.5 Å². The molecule has 0 spiro atoms. The zero-order chi connectivity index (χ0) is 15.7. The van der Waals surface area contributed by atoms with Crippen molar-refractivity contribution < 1.29 is 14.3 Å². The number of nitrogens with one attached hydrogen (secondary N) is 1. The minimum atomic E-state index is -0.522. The van der Waals surface area contributed by atoms with Crippen molar-refractivity contribution >= 4 is 11.8 Å². The molecule has 0 saturated heterocycles. The number of carbonyl (C=O) groups excluding carboxylic acids is 1. The highest BCUT2D eigenvalue weighted by Crippen LogP contribution is 2.50. The normalized spacial score (nSPS) is 16.2. The van der Waals surface area contributed by atoms with E-state index in [2.05, 4.69) is 5.32 Å². The van der Waals surface area contributed by atoms with E-state index in [0.29, 0.717) is 12.2 Å². The van der Waals surface area contributed by atoms with Crippen molar-refractivity contribution in [1.82, 2.24) is 0 Å². The maximum atomic E-state index is 11.8. The number of rotatable bonds is 4. The first-order valence-electron chi connectivity index (χ1n) is 7.18. The van der Waals surface area contributed by atoms with Gasteiger partial charge in [0.15, 0.2) is 0 Å². The van der Waals surface area contributed by atoms with Crippen LogP contribution >= 0.6 is 0 Å². The molecule has 1 saturated carbocycles. The first-order chi connectivity index (χ1) is 9.79. The van der Waals surface area contributed by atoms with Crippen LogP contribution in [0.2, 0.25) is 0 Å². The van der Waals surface area contributed by atoms with Gasteiger partial charge in [0.25, 0.3) is 0 Å². The monoisotopic (exact) mass is 292 g/mol. The van der Waals surface area contributed by atoms with Crippen LogP contribution in [-0.2, 0) is 10.2 Å². The number of benzene rings is 1. The Hall–Kier alpha value is -1.75. The van der Waals surface area contributed by atoms with E-state index in [1.54, 1.807) is 7.11 Å². The van der Waals surface area contributed by atoms with Gasteiger partial charge in [-0.05, 0) is 39.7 Å². The van der Waals surface area contributed by atoms with Gasteiger partial charge in [-0.1, -0.05) is 6.07 Å². The van der Waals surface area contributed by atoms with Gasteiger partial charge in [0.1, 0.15) is 11.4 Å². The summed E-state index contributed by atoms with van der Waals surface area (Å²) in [5.74, 6) is 0.756. The lowest BCUT2D eigenvalue weighted by Gasteiger charge is -2.21. The molecule has 21 heavy (non-hydrogen) atoms. The van der Waals surface area contributed by atoms with Gasteiger partial charge in [-0.25, -0.2) is 4.79 Å². The summed E-state index contributed by atoms with van der Waals surface area (Å²) in [5.41, 5.74) is 7.16.